The van der Waals surface area contributed by atoms with Gasteiger partial charge in [-0.2, -0.15) is 0 Å². The van der Waals surface area contributed by atoms with E-state index in [1.54, 1.807) is 18.2 Å². The van der Waals surface area contributed by atoms with Crippen molar-refractivity contribution in [3.05, 3.63) is 76.8 Å². The fourth-order valence-electron chi connectivity index (χ4n) is 2.91. The molecule has 26 heavy (non-hydrogen) atoms. The molecular formula is C20H22N4O2. The third-order valence-electron chi connectivity index (χ3n) is 4.35. The topological polar surface area (TPSA) is 67.2 Å². The average molecular weight is 350 g/mol. The lowest BCUT2D eigenvalue weighted by molar-refractivity contribution is -0.121. The number of rotatable bonds is 6. The van der Waals surface area contributed by atoms with E-state index in [0.29, 0.717) is 17.4 Å². The first-order valence-corrected chi connectivity index (χ1v) is 8.48. The number of benzene rings is 2. The maximum atomic E-state index is 12.5. The maximum absolute atomic E-state index is 12.5. The van der Waals surface area contributed by atoms with Crippen LogP contribution in [0.5, 0.6) is 0 Å². The second kappa shape index (κ2) is 7.93. The number of fused-ring (bicyclic) bond motifs is 1. The lowest BCUT2D eigenvalue weighted by Gasteiger charge is -2.25. The van der Waals surface area contributed by atoms with E-state index in [9.17, 15) is 9.59 Å². The normalized spacial score (nSPS) is 12.3. The lowest BCUT2D eigenvalue weighted by atomic mass is 10.1. The highest BCUT2D eigenvalue weighted by atomic mass is 16.2. The molecule has 0 aliphatic carbocycles. The molecule has 0 saturated carbocycles. The Morgan fingerprint density at radius 3 is 2.54 bits per heavy atom. The van der Waals surface area contributed by atoms with Crippen molar-refractivity contribution in [1.82, 2.24) is 19.8 Å². The van der Waals surface area contributed by atoms with E-state index in [1.165, 1.54) is 10.9 Å². The first-order valence-electron chi connectivity index (χ1n) is 8.48. The molecule has 6 nitrogen and oxygen atoms in total. The summed E-state index contributed by atoms with van der Waals surface area (Å²) in [6, 6.07) is 17.2. The lowest BCUT2D eigenvalue weighted by Crippen LogP contribution is -2.37. The summed E-state index contributed by atoms with van der Waals surface area (Å²) in [6.45, 7) is 0.414. The van der Waals surface area contributed by atoms with E-state index >= 15 is 0 Å². The van der Waals surface area contributed by atoms with Gasteiger partial charge in [0, 0.05) is 6.54 Å². The fraction of sp³-hybridized carbons (Fsp3) is 0.250. The first kappa shape index (κ1) is 17.8. The molecule has 0 unspecified atom stereocenters. The van der Waals surface area contributed by atoms with Gasteiger partial charge in [-0.15, -0.1) is 0 Å². The van der Waals surface area contributed by atoms with Crippen molar-refractivity contribution in [3.63, 3.8) is 0 Å². The molecule has 2 aromatic carbocycles. The van der Waals surface area contributed by atoms with Crippen molar-refractivity contribution in [2.75, 3.05) is 20.6 Å². The fourth-order valence-corrected chi connectivity index (χ4v) is 2.91. The molecule has 0 aliphatic heterocycles. The van der Waals surface area contributed by atoms with Crippen LogP contribution in [-0.2, 0) is 11.3 Å². The van der Waals surface area contributed by atoms with Gasteiger partial charge in [0.15, 0.2) is 0 Å². The van der Waals surface area contributed by atoms with E-state index in [1.807, 2.05) is 50.5 Å². The number of amides is 1. The molecule has 1 N–H and O–H groups in total. The largest absolute Gasteiger partial charge is 0.353 e. The number of nitrogens with zero attached hydrogens (tertiary/aromatic N) is 3. The quantitative estimate of drug-likeness (QED) is 0.736. The highest BCUT2D eigenvalue weighted by Gasteiger charge is 2.15. The van der Waals surface area contributed by atoms with Crippen molar-refractivity contribution in [2.45, 2.75) is 12.6 Å². The molecule has 3 rings (SSSR count). The van der Waals surface area contributed by atoms with Crippen LogP contribution >= 0.6 is 0 Å². The number of hydrogen-bond donors (Lipinski definition) is 1. The standard InChI is InChI=1S/C20H22N4O2/c1-23(2)18(15-8-4-3-5-9-15)12-21-19(25)13-24-14-22-17-11-7-6-10-16(17)20(24)26/h3-11,14,18H,12-13H2,1-2H3,(H,21,25)/t18-/m1/s1. The SMILES string of the molecule is CN(C)[C@H](CNC(=O)Cn1cnc2ccccc2c1=O)c1ccccc1. The monoisotopic (exact) mass is 350 g/mol. The van der Waals surface area contributed by atoms with Crippen LogP contribution in [0.1, 0.15) is 11.6 Å². The Balaban J connectivity index is 1.69. The number of hydrogen-bond acceptors (Lipinski definition) is 4. The van der Waals surface area contributed by atoms with Crippen LogP contribution in [0.15, 0.2) is 65.7 Å². The first-order chi connectivity index (χ1) is 12.6. The Kier molecular flexibility index (Phi) is 5.43. The zero-order valence-corrected chi connectivity index (χ0v) is 14.9. The van der Waals surface area contributed by atoms with Gasteiger partial charge in [0.2, 0.25) is 5.91 Å². The van der Waals surface area contributed by atoms with Gasteiger partial charge < -0.3 is 10.2 Å². The molecule has 0 aliphatic rings. The smallest absolute Gasteiger partial charge is 0.261 e. The van der Waals surface area contributed by atoms with Gasteiger partial charge in [-0.1, -0.05) is 42.5 Å². The second-order valence-corrected chi connectivity index (χ2v) is 6.39. The van der Waals surface area contributed by atoms with Gasteiger partial charge in [0.25, 0.3) is 5.56 Å². The number of carbonyl (C=O) groups is 1. The van der Waals surface area contributed by atoms with Gasteiger partial charge in [-0.05, 0) is 31.8 Å². The maximum Gasteiger partial charge on any atom is 0.261 e. The van der Waals surface area contributed by atoms with Crippen LogP contribution in [0.3, 0.4) is 0 Å². The van der Waals surface area contributed by atoms with Gasteiger partial charge in [0.05, 0.1) is 23.3 Å². The van der Waals surface area contributed by atoms with Crippen molar-refractivity contribution < 1.29 is 4.79 Å². The molecule has 0 fully saturated rings. The summed E-state index contributed by atoms with van der Waals surface area (Å²) in [5.41, 5.74) is 1.55. The molecule has 1 atom stereocenters. The van der Waals surface area contributed by atoms with Gasteiger partial charge in [0.1, 0.15) is 6.54 Å². The van der Waals surface area contributed by atoms with Gasteiger partial charge in [-0.25, -0.2) is 4.98 Å². The van der Waals surface area contributed by atoms with Crippen LogP contribution in [0.4, 0.5) is 0 Å². The van der Waals surface area contributed by atoms with Crippen LogP contribution in [0.2, 0.25) is 0 Å². The van der Waals surface area contributed by atoms with Crippen LogP contribution in [-0.4, -0.2) is 41.0 Å². The summed E-state index contributed by atoms with van der Waals surface area (Å²) in [7, 11) is 3.95. The summed E-state index contributed by atoms with van der Waals surface area (Å²) in [6.07, 6.45) is 1.42. The Hall–Kier alpha value is -2.99. The number of para-hydroxylation sites is 1. The predicted molar refractivity (Wildman–Crippen MR) is 102 cm³/mol. The van der Waals surface area contributed by atoms with E-state index in [4.69, 9.17) is 0 Å². The zero-order chi connectivity index (χ0) is 18.5. The molecule has 0 bridgehead atoms. The molecule has 0 saturated heterocycles. The van der Waals surface area contributed by atoms with Crippen LogP contribution in [0.25, 0.3) is 10.9 Å². The number of nitrogens with one attached hydrogen (secondary N) is 1. The van der Waals surface area contributed by atoms with E-state index in [0.717, 1.165) is 5.56 Å². The Morgan fingerprint density at radius 2 is 1.81 bits per heavy atom. The molecule has 3 aromatic rings. The molecule has 0 radical (unpaired) electrons. The minimum absolute atomic E-state index is 0.0500. The minimum Gasteiger partial charge on any atom is -0.353 e. The molecule has 134 valence electrons. The van der Waals surface area contributed by atoms with Crippen molar-refractivity contribution >= 4 is 16.8 Å². The predicted octanol–water partition coefficient (Wildman–Crippen LogP) is 1.82. The summed E-state index contributed by atoms with van der Waals surface area (Å²) in [4.78, 5) is 31.1. The summed E-state index contributed by atoms with van der Waals surface area (Å²) >= 11 is 0. The van der Waals surface area contributed by atoms with Gasteiger partial charge in [-0.3, -0.25) is 14.2 Å². The number of aromatic nitrogens is 2. The Morgan fingerprint density at radius 1 is 1.12 bits per heavy atom. The van der Waals surface area contributed by atoms with Crippen molar-refractivity contribution in [3.8, 4) is 0 Å². The van der Waals surface area contributed by atoms with E-state index in [-0.39, 0.29) is 24.1 Å². The summed E-state index contributed by atoms with van der Waals surface area (Å²) < 4.78 is 1.34. The van der Waals surface area contributed by atoms with Crippen molar-refractivity contribution in [2.24, 2.45) is 0 Å². The van der Waals surface area contributed by atoms with E-state index < -0.39 is 0 Å². The zero-order valence-electron chi connectivity index (χ0n) is 14.9. The number of likely N-dealkylation sites (N-methyl/N-ethyl adjacent to an activating group) is 1. The second-order valence-electron chi connectivity index (χ2n) is 6.39. The summed E-state index contributed by atoms with van der Waals surface area (Å²) in [5, 5.41) is 3.43. The van der Waals surface area contributed by atoms with Crippen LogP contribution in [0, 0.1) is 0 Å². The van der Waals surface area contributed by atoms with Crippen LogP contribution < -0.4 is 10.9 Å². The minimum atomic E-state index is -0.216. The Labute approximate surface area is 152 Å². The van der Waals surface area contributed by atoms with Gasteiger partial charge >= 0.3 is 0 Å². The third kappa shape index (κ3) is 3.97. The molecule has 1 amide bonds. The Bertz CT molecular complexity index is 951. The molecule has 1 aromatic heterocycles. The average Bonchev–Trinajstić information content (AvgIpc) is 2.65. The summed E-state index contributed by atoms with van der Waals surface area (Å²) in [5.74, 6) is -0.216. The molecule has 0 spiro atoms. The van der Waals surface area contributed by atoms with Crippen molar-refractivity contribution in [1.29, 1.82) is 0 Å². The molecular weight excluding hydrogens is 328 g/mol. The number of carbonyl (C=O) groups excluding carboxylic acids is 1. The highest BCUT2D eigenvalue weighted by Crippen LogP contribution is 2.16. The van der Waals surface area contributed by atoms with E-state index in [2.05, 4.69) is 15.2 Å². The third-order valence-corrected chi connectivity index (χ3v) is 4.35. The molecule has 6 heteroatoms. The molecule has 1 heterocycles. The highest BCUT2D eigenvalue weighted by molar-refractivity contribution is 5.78.